The van der Waals surface area contributed by atoms with E-state index in [-0.39, 0.29) is 5.91 Å². The highest BCUT2D eigenvalue weighted by atomic mass is 16.5. The number of likely N-dealkylation sites (tertiary alicyclic amines) is 1. The highest BCUT2D eigenvalue weighted by molar-refractivity contribution is 5.86. The number of hydrogen-bond donors (Lipinski definition) is 1. The van der Waals surface area contributed by atoms with Crippen molar-refractivity contribution in [3.63, 3.8) is 0 Å². The molecule has 0 radical (unpaired) electrons. The first-order valence-electron chi connectivity index (χ1n) is 7.90. The molecule has 1 saturated carbocycles. The molecule has 1 aliphatic carbocycles. The van der Waals surface area contributed by atoms with Crippen molar-refractivity contribution >= 4 is 12.0 Å². The maximum atomic E-state index is 12.3. The van der Waals surface area contributed by atoms with Gasteiger partial charge in [-0.05, 0) is 42.7 Å². The Hall–Kier alpha value is -2.04. The van der Waals surface area contributed by atoms with E-state index in [2.05, 4.69) is 29.6 Å². The summed E-state index contributed by atoms with van der Waals surface area (Å²) in [6.07, 6.45) is 3.69. The summed E-state index contributed by atoms with van der Waals surface area (Å²) in [5.74, 6) is 0.643. The van der Waals surface area contributed by atoms with Crippen LogP contribution in [-0.4, -0.2) is 36.6 Å². The molecule has 3 rings (SSSR count). The monoisotopic (exact) mass is 302 g/mol. The summed E-state index contributed by atoms with van der Waals surface area (Å²) in [6.45, 7) is 1.08. The van der Waals surface area contributed by atoms with Crippen LogP contribution < -0.4 is 5.32 Å². The van der Waals surface area contributed by atoms with Gasteiger partial charge in [-0.3, -0.25) is 9.69 Å². The number of rotatable bonds is 4. The Bertz CT molecular complexity index is 552. The first kappa shape index (κ1) is 14.9. The molecule has 5 heteroatoms. The molecule has 1 saturated heterocycles. The van der Waals surface area contributed by atoms with Crippen LogP contribution in [-0.2, 0) is 16.1 Å². The summed E-state index contributed by atoms with van der Waals surface area (Å²) in [4.78, 5) is 25.4. The fraction of sp³-hybridized carbons (Fsp3) is 0.529. The SMILES string of the molecule is COC(=O)N1CCC[C@H]1C(=O)NCc1ccc(C2CC2)cc1. The molecule has 1 aliphatic heterocycles. The minimum atomic E-state index is -0.425. The Labute approximate surface area is 130 Å². The Morgan fingerprint density at radius 1 is 1.23 bits per heavy atom. The van der Waals surface area contributed by atoms with Gasteiger partial charge in [0.05, 0.1) is 7.11 Å². The molecule has 1 atom stereocenters. The summed E-state index contributed by atoms with van der Waals surface area (Å²) in [7, 11) is 1.34. The summed E-state index contributed by atoms with van der Waals surface area (Å²) in [6, 6.07) is 8.03. The van der Waals surface area contributed by atoms with Crippen LogP contribution in [0.25, 0.3) is 0 Å². The quantitative estimate of drug-likeness (QED) is 0.929. The van der Waals surface area contributed by atoms with Crippen LogP contribution in [0.1, 0.15) is 42.7 Å². The van der Waals surface area contributed by atoms with E-state index in [0.29, 0.717) is 19.5 Å². The number of methoxy groups -OCH3 is 1. The van der Waals surface area contributed by atoms with Crippen molar-refractivity contribution in [3.8, 4) is 0 Å². The van der Waals surface area contributed by atoms with Crippen molar-refractivity contribution in [2.24, 2.45) is 0 Å². The van der Waals surface area contributed by atoms with Gasteiger partial charge in [-0.2, -0.15) is 0 Å². The van der Waals surface area contributed by atoms with Gasteiger partial charge in [-0.1, -0.05) is 24.3 Å². The van der Waals surface area contributed by atoms with E-state index in [1.54, 1.807) is 0 Å². The number of hydrogen-bond acceptors (Lipinski definition) is 3. The van der Waals surface area contributed by atoms with Crippen molar-refractivity contribution < 1.29 is 14.3 Å². The zero-order chi connectivity index (χ0) is 15.5. The molecule has 2 amide bonds. The molecule has 2 aliphatic rings. The summed E-state index contributed by atoms with van der Waals surface area (Å²) in [5.41, 5.74) is 2.48. The molecule has 118 valence electrons. The Morgan fingerprint density at radius 3 is 2.59 bits per heavy atom. The molecule has 0 unspecified atom stereocenters. The van der Waals surface area contributed by atoms with E-state index in [1.807, 2.05) is 0 Å². The zero-order valence-corrected chi connectivity index (χ0v) is 12.9. The van der Waals surface area contributed by atoms with Crippen molar-refractivity contribution in [2.45, 2.75) is 44.2 Å². The van der Waals surface area contributed by atoms with Gasteiger partial charge >= 0.3 is 6.09 Å². The maximum Gasteiger partial charge on any atom is 0.410 e. The molecular formula is C17H22N2O3. The molecule has 1 heterocycles. The molecule has 2 fully saturated rings. The van der Waals surface area contributed by atoms with E-state index in [0.717, 1.165) is 17.9 Å². The highest BCUT2D eigenvalue weighted by Crippen LogP contribution is 2.39. The molecule has 1 aromatic carbocycles. The minimum Gasteiger partial charge on any atom is -0.453 e. The lowest BCUT2D eigenvalue weighted by Gasteiger charge is -2.22. The second-order valence-electron chi connectivity index (χ2n) is 6.06. The smallest absolute Gasteiger partial charge is 0.410 e. The molecule has 0 aromatic heterocycles. The zero-order valence-electron chi connectivity index (χ0n) is 12.9. The third-order valence-electron chi connectivity index (χ3n) is 4.46. The third kappa shape index (κ3) is 3.24. The number of benzene rings is 1. The standard InChI is InChI=1S/C17H22N2O3/c1-22-17(21)19-10-2-3-15(19)16(20)18-11-12-4-6-13(7-5-12)14-8-9-14/h4-7,14-15H,2-3,8-11H2,1H3,(H,18,20)/t15-/m0/s1. The largest absolute Gasteiger partial charge is 0.453 e. The molecule has 5 nitrogen and oxygen atoms in total. The molecule has 1 aromatic rings. The van der Waals surface area contributed by atoms with Gasteiger partial charge in [0.2, 0.25) is 5.91 Å². The Morgan fingerprint density at radius 2 is 1.95 bits per heavy atom. The predicted octanol–water partition coefficient (Wildman–Crippen LogP) is 2.41. The number of amides is 2. The van der Waals surface area contributed by atoms with Crippen molar-refractivity contribution in [3.05, 3.63) is 35.4 Å². The van der Waals surface area contributed by atoms with Crippen LogP contribution in [0.3, 0.4) is 0 Å². The van der Waals surface area contributed by atoms with Gasteiger partial charge < -0.3 is 10.1 Å². The van der Waals surface area contributed by atoms with Gasteiger partial charge in [-0.15, -0.1) is 0 Å². The van der Waals surface area contributed by atoms with E-state index in [1.165, 1.54) is 30.4 Å². The first-order valence-corrected chi connectivity index (χ1v) is 7.90. The maximum absolute atomic E-state index is 12.3. The molecule has 0 spiro atoms. The van der Waals surface area contributed by atoms with Crippen molar-refractivity contribution in [1.29, 1.82) is 0 Å². The second-order valence-corrected chi connectivity index (χ2v) is 6.06. The minimum absolute atomic E-state index is 0.103. The van der Waals surface area contributed by atoms with E-state index in [9.17, 15) is 9.59 Å². The Balaban J connectivity index is 1.53. The van der Waals surface area contributed by atoms with Crippen molar-refractivity contribution in [2.75, 3.05) is 13.7 Å². The number of carbonyl (C=O) groups is 2. The lowest BCUT2D eigenvalue weighted by molar-refractivity contribution is -0.125. The predicted molar refractivity (Wildman–Crippen MR) is 82.4 cm³/mol. The van der Waals surface area contributed by atoms with Crippen LogP contribution in [0, 0.1) is 0 Å². The number of nitrogens with one attached hydrogen (secondary N) is 1. The summed E-state index contributed by atoms with van der Waals surface area (Å²) < 4.78 is 4.73. The average Bonchev–Trinajstić information content (AvgIpc) is 3.28. The van der Waals surface area contributed by atoms with E-state index < -0.39 is 12.1 Å². The van der Waals surface area contributed by atoms with Crippen LogP contribution >= 0.6 is 0 Å². The summed E-state index contributed by atoms with van der Waals surface area (Å²) in [5, 5.41) is 2.93. The molecular weight excluding hydrogens is 280 g/mol. The van der Waals surface area contributed by atoms with E-state index >= 15 is 0 Å². The van der Waals surface area contributed by atoms with E-state index in [4.69, 9.17) is 4.74 Å². The van der Waals surface area contributed by atoms with Crippen LogP contribution in [0.4, 0.5) is 4.79 Å². The van der Waals surface area contributed by atoms with Gasteiger partial charge in [0.1, 0.15) is 6.04 Å². The average molecular weight is 302 g/mol. The van der Waals surface area contributed by atoms with Gasteiger partial charge in [0, 0.05) is 13.1 Å². The summed E-state index contributed by atoms with van der Waals surface area (Å²) >= 11 is 0. The van der Waals surface area contributed by atoms with Gasteiger partial charge in [0.25, 0.3) is 0 Å². The molecule has 22 heavy (non-hydrogen) atoms. The van der Waals surface area contributed by atoms with Crippen molar-refractivity contribution in [1.82, 2.24) is 10.2 Å². The molecule has 1 N–H and O–H groups in total. The van der Waals surface area contributed by atoms with Crippen LogP contribution in [0.2, 0.25) is 0 Å². The number of ether oxygens (including phenoxy) is 1. The first-order chi connectivity index (χ1) is 10.7. The lowest BCUT2D eigenvalue weighted by atomic mass is 10.1. The van der Waals surface area contributed by atoms with Gasteiger partial charge in [0.15, 0.2) is 0 Å². The topological polar surface area (TPSA) is 58.6 Å². The van der Waals surface area contributed by atoms with Crippen LogP contribution in [0.15, 0.2) is 24.3 Å². The number of carbonyl (C=O) groups excluding carboxylic acids is 2. The fourth-order valence-electron chi connectivity index (χ4n) is 3.01. The third-order valence-corrected chi connectivity index (χ3v) is 4.46. The molecule has 0 bridgehead atoms. The number of nitrogens with zero attached hydrogens (tertiary/aromatic N) is 1. The Kier molecular flexibility index (Phi) is 4.32. The highest BCUT2D eigenvalue weighted by Gasteiger charge is 2.34. The second kappa shape index (κ2) is 6.38. The normalized spacial score (nSPS) is 20.8. The van der Waals surface area contributed by atoms with Gasteiger partial charge in [-0.25, -0.2) is 4.79 Å². The fourth-order valence-corrected chi connectivity index (χ4v) is 3.01. The van der Waals surface area contributed by atoms with Crippen LogP contribution in [0.5, 0.6) is 0 Å². The lowest BCUT2D eigenvalue weighted by Crippen LogP contribution is -2.45.